The molecule has 1 radical (unpaired) electrons. The number of rotatable bonds is 12. The quantitative estimate of drug-likeness (QED) is 0.324. The first-order valence-corrected chi connectivity index (χ1v) is 9.18. The Bertz CT molecular complexity index is 437. The van der Waals surface area contributed by atoms with Gasteiger partial charge in [0.1, 0.15) is 5.78 Å². The molecule has 0 unspecified atom stereocenters. The molecule has 2 atom stereocenters. The maximum atomic E-state index is 12.0. The van der Waals surface area contributed by atoms with E-state index >= 15 is 0 Å². The zero-order valence-corrected chi connectivity index (χ0v) is 14.7. The van der Waals surface area contributed by atoms with E-state index in [1.165, 1.54) is 32.0 Å². The average molecular weight is 335 g/mol. The Morgan fingerprint density at radius 2 is 1.96 bits per heavy atom. The number of carbonyl (C=O) groups excluding carboxylic acids is 2. The fraction of sp³-hybridized carbons (Fsp3) is 0.700. The van der Waals surface area contributed by atoms with Gasteiger partial charge in [-0.3, -0.25) is 9.59 Å². The number of hydrogen-bond acceptors (Lipinski definition) is 4. The van der Waals surface area contributed by atoms with E-state index < -0.39 is 5.79 Å². The molecule has 0 aromatic carbocycles. The highest BCUT2D eigenvalue weighted by atomic mass is 16.5. The Kier molecular flexibility index (Phi) is 9.80. The van der Waals surface area contributed by atoms with Crippen molar-refractivity contribution < 1.29 is 19.8 Å². The van der Waals surface area contributed by atoms with Gasteiger partial charge in [0, 0.05) is 18.8 Å². The van der Waals surface area contributed by atoms with Gasteiger partial charge in [0.05, 0.1) is 0 Å². The molecule has 0 amide bonds. The number of ketones is 1. The molecule has 1 aliphatic carbocycles. The third-order valence-corrected chi connectivity index (χ3v) is 4.64. The normalized spacial score (nSPS) is 22.0. The van der Waals surface area contributed by atoms with Crippen LogP contribution in [0.3, 0.4) is 0 Å². The van der Waals surface area contributed by atoms with Gasteiger partial charge in [-0.2, -0.15) is 0 Å². The van der Waals surface area contributed by atoms with E-state index in [0.29, 0.717) is 31.0 Å². The molecular formula is C20H31O4. The first-order valence-electron chi connectivity index (χ1n) is 9.18. The van der Waals surface area contributed by atoms with Crippen LogP contribution in [0.25, 0.3) is 0 Å². The summed E-state index contributed by atoms with van der Waals surface area (Å²) in [6, 6.07) is 0. The summed E-state index contributed by atoms with van der Waals surface area (Å²) in [5.74, 6) is -1.68. The molecule has 2 N–H and O–H groups in total. The van der Waals surface area contributed by atoms with E-state index in [4.69, 9.17) is 10.2 Å². The number of allylic oxidation sites excluding steroid dienone is 4. The molecule has 1 rings (SSSR count). The zero-order valence-electron chi connectivity index (χ0n) is 14.7. The van der Waals surface area contributed by atoms with Gasteiger partial charge in [-0.25, -0.2) is 0 Å². The van der Waals surface area contributed by atoms with Gasteiger partial charge in [0.2, 0.25) is 5.79 Å². The molecule has 0 spiro atoms. The van der Waals surface area contributed by atoms with E-state index in [1.807, 2.05) is 6.08 Å². The minimum Gasteiger partial charge on any atom is -0.359 e. The number of Topliss-reactive ketones (excluding diaryl/α,β-unsaturated/α-hetero) is 1. The molecule has 0 aliphatic heterocycles. The van der Waals surface area contributed by atoms with Crippen LogP contribution < -0.4 is 0 Å². The fourth-order valence-corrected chi connectivity index (χ4v) is 3.13. The Morgan fingerprint density at radius 1 is 1.17 bits per heavy atom. The molecule has 0 aromatic rings. The molecule has 0 saturated heterocycles. The van der Waals surface area contributed by atoms with Crippen LogP contribution in [0.5, 0.6) is 0 Å². The first-order chi connectivity index (χ1) is 11.5. The topological polar surface area (TPSA) is 74.6 Å². The largest absolute Gasteiger partial charge is 0.359 e. The lowest BCUT2D eigenvalue weighted by atomic mass is 9.91. The Balaban J connectivity index is 2.34. The number of aliphatic hydroxyl groups is 2. The van der Waals surface area contributed by atoms with Crippen LogP contribution in [0, 0.1) is 11.8 Å². The monoisotopic (exact) mass is 335 g/mol. The van der Waals surface area contributed by atoms with E-state index in [9.17, 15) is 9.59 Å². The van der Waals surface area contributed by atoms with Crippen molar-refractivity contribution in [2.45, 2.75) is 76.9 Å². The second kappa shape index (κ2) is 11.3. The molecule has 0 bridgehead atoms. The third-order valence-electron chi connectivity index (χ3n) is 4.64. The summed E-state index contributed by atoms with van der Waals surface area (Å²) in [6.07, 6.45) is 18.0. The maximum absolute atomic E-state index is 12.0. The molecular weight excluding hydrogens is 304 g/mol. The molecule has 0 heterocycles. The van der Waals surface area contributed by atoms with Crippen molar-refractivity contribution in [2.24, 2.45) is 11.8 Å². The van der Waals surface area contributed by atoms with Crippen LogP contribution in [0.1, 0.15) is 71.1 Å². The molecule has 135 valence electrons. The van der Waals surface area contributed by atoms with Crippen LogP contribution in [0.4, 0.5) is 0 Å². The van der Waals surface area contributed by atoms with Gasteiger partial charge in [0.25, 0.3) is 6.29 Å². The van der Waals surface area contributed by atoms with Gasteiger partial charge in [-0.15, -0.1) is 0 Å². The summed E-state index contributed by atoms with van der Waals surface area (Å²) in [5.41, 5.74) is 0. The number of hydrogen-bond donors (Lipinski definition) is 2. The predicted octanol–water partition coefficient (Wildman–Crippen LogP) is 3.63. The number of unbranched alkanes of at least 4 members (excludes halogenated alkanes) is 4. The lowest BCUT2D eigenvalue weighted by Gasteiger charge is -2.13. The van der Waals surface area contributed by atoms with E-state index in [2.05, 4.69) is 19.1 Å². The third kappa shape index (κ3) is 8.02. The van der Waals surface area contributed by atoms with Gasteiger partial charge in [-0.1, -0.05) is 50.5 Å². The molecule has 1 aliphatic rings. The average Bonchev–Trinajstić information content (AvgIpc) is 2.91. The molecule has 4 nitrogen and oxygen atoms in total. The van der Waals surface area contributed by atoms with Gasteiger partial charge < -0.3 is 10.2 Å². The van der Waals surface area contributed by atoms with Crippen LogP contribution in [-0.2, 0) is 9.59 Å². The Morgan fingerprint density at radius 3 is 2.67 bits per heavy atom. The van der Waals surface area contributed by atoms with Gasteiger partial charge in [0.15, 0.2) is 0 Å². The van der Waals surface area contributed by atoms with Gasteiger partial charge in [-0.05, 0) is 38.0 Å². The molecule has 0 aromatic heterocycles. The number of carbonyl (C=O) groups is 1. The Labute approximate surface area is 145 Å². The molecule has 1 fully saturated rings. The first kappa shape index (κ1) is 20.8. The van der Waals surface area contributed by atoms with Crippen molar-refractivity contribution in [2.75, 3.05) is 0 Å². The summed E-state index contributed by atoms with van der Waals surface area (Å²) in [6.45, 7) is 2.20. The second-order valence-corrected chi connectivity index (χ2v) is 6.72. The lowest BCUT2D eigenvalue weighted by molar-refractivity contribution is -0.120. The highest BCUT2D eigenvalue weighted by Crippen LogP contribution is 2.33. The van der Waals surface area contributed by atoms with Crippen LogP contribution in [0.2, 0.25) is 0 Å². The van der Waals surface area contributed by atoms with E-state index in [1.54, 1.807) is 6.08 Å². The van der Waals surface area contributed by atoms with Crippen LogP contribution >= 0.6 is 0 Å². The van der Waals surface area contributed by atoms with Crippen molar-refractivity contribution >= 4 is 12.1 Å². The van der Waals surface area contributed by atoms with Crippen LogP contribution in [0.15, 0.2) is 24.3 Å². The van der Waals surface area contributed by atoms with Gasteiger partial charge >= 0.3 is 0 Å². The predicted molar refractivity (Wildman–Crippen MR) is 95.0 cm³/mol. The summed E-state index contributed by atoms with van der Waals surface area (Å²) in [4.78, 5) is 22.3. The fourth-order valence-electron chi connectivity index (χ4n) is 3.13. The van der Waals surface area contributed by atoms with E-state index in [0.717, 1.165) is 12.8 Å². The second-order valence-electron chi connectivity index (χ2n) is 6.72. The minimum atomic E-state index is -2.36. The summed E-state index contributed by atoms with van der Waals surface area (Å²) < 4.78 is 0. The van der Waals surface area contributed by atoms with Crippen LogP contribution in [-0.4, -0.2) is 28.1 Å². The molecule has 1 saturated carbocycles. The Hall–Kier alpha value is -1.26. The SMILES string of the molecule is CCCCCC/C=C/[C@H]1CCC(=O)[C@@H]1C/C=C\CCC(O)(O)[C]=O. The maximum Gasteiger partial charge on any atom is 0.262 e. The van der Waals surface area contributed by atoms with Crippen molar-refractivity contribution in [1.29, 1.82) is 0 Å². The molecule has 4 heteroatoms. The highest BCUT2D eigenvalue weighted by Gasteiger charge is 2.31. The van der Waals surface area contributed by atoms with Crippen molar-refractivity contribution in [1.82, 2.24) is 0 Å². The minimum absolute atomic E-state index is 0.0405. The smallest absolute Gasteiger partial charge is 0.262 e. The summed E-state index contributed by atoms with van der Waals surface area (Å²) in [7, 11) is 0. The van der Waals surface area contributed by atoms with Crippen molar-refractivity contribution in [3.63, 3.8) is 0 Å². The van der Waals surface area contributed by atoms with E-state index in [-0.39, 0.29) is 12.3 Å². The van der Waals surface area contributed by atoms with Crippen molar-refractivity contribution in [3.05, 3.63) is 24.3 Å². The van der Waals surface area contributed by atoms with Crippen molar-refractivity contribution in [3.8, 4) is 0 Å². The summed E-state index contributed by atoms with van der Waals surface area (Å²) in [5, 5.41) is 18.3. The highest BCUT2D eigenvalue weighted by molar-refractivity contribution is 5.83. The standard InChI is InChI=1S/C20H31O4/c1-2-3-4-5-6-8-11-17-13-14-19(22)18(17)12-9-7-10-15-20(23,24)16-21/h7-9,11,17-18,23-24H,2-6,10,12-15H2,1H3/b9-7-,11-8+/t17-,18+/m0/s1. The molecule has 24 heavy (non-hydrogen) atoms. The zero-order chi connectivity index (χ0) is 17.8. The lowest BCUT2D eigenvalue weighted by Crippen LogP contribution is -2.29. The summed E-state index contributed by atoms with van der Waals surface area (Å²) >= 11 is 0.